The molecule has 0 N–H and O–H groups in total. The largest absolute Gasteiger partial charge is 0.492 e. The lowest BCUT2D eigenvalue weighted by Crippen LogP contribution is -2.10. The van der Waals surface area contributed by atoms with Crippen LogP contribution in [-0.4, -0.2) is 19.7 Å². The minimum absolute atomic E-state index is 0.281. The minimum Gasteiger partial charge on any atom is -0.492 e. The van der Waals surface area contributed by atoms with Crippen LogP contribution in [0.5, 0.6) is 5.75 Å². The Hall–Kier alpha value is -1.51. The molecule has 0 radical (unpaired) electrons. The molecule has 1 aromatic rings. The molecule has 3 rings (SSSR count). The Bertz CT molecular complexity index is 477. The van der Waals surface area contributed by atoms with Crippen molar-refractivity contribution in [3.8, 4) is 5.75 Å². The maximum absolute atomic E-state index is 11.8. The predicted molar refractivity (Wildman–Crippen MR) is 63.6 cm³/mol. The van der Waals surface area contributed by atoms with Gasteiger partial charge >= 0.3 is 5.97 Å². The normalized spacial score (nSPS) is 17.0. The quantitative estimate of drug-likeness (QED) is 0.697. The number of ether oxygens (including phenoxy) is 2. The van der Waals surface area contributed by atoms with E-state index in [2.05, 4.69) is 0 Å². The van der Waals surface area contributed by atoms with Crippen LogP contribution in [0.4, 0.5) is 0 Å². The van der Waals surface area contributed by atoms with Gasteiger partial charge in [-0.25, -0.2) is 4.79 Å². The molecule has 1 aliphatic heterocycles. The molecule has 0 saturated carbocycles. The van der Waals surface area contributed by atoms with Gasteiger partial charge in [0.2, 0.25) is 0 Å². The highest BCUT2D eigenvalue weighted by Gasteiger charge is 2.27. The molecule has 0 spiro atoms. The van der Waals surface area contributed by atoms with Crippen molar-refractivity contribution in [2.75, 3.05) is 13.7 Å². The Morgan fingerprint density at radius 1 is 1.24 bits per heavy atom. The summed E-state index contributed by atoms with van der Waals surface area (Å²) in [6.45, 7) is 0.690. The van der Waals surface area contributed by atoms with E-state index in [1.807, 2.05) is 6.07 Å². The van der Waals surface area contributed by atoms with Gasteiger partial charge in [0.05, 0.1) is 13.7 Å². The summed E-state index contributed by atoms with van der Waals surface area (Å²) in [6.07, 6.45) is 5.60. The van der Waals surface area contributed by atoms with Gasteiger partial charge < -0.3 is 9.47 Å². The van der Waals surface area contributed by atoms with Crippen molar-refractivity contribution >= 4 is 5.97 Å². The summed E-state index contributed by atoms with van der Waals surface area (Å²) in [6, 6.07) is 1.98. The van der Waals surface area contributed by atoms with Crippen molar-refractivity contribution in [3.63, 3.8) is 0 Å². The van der Waals surface area contributed by atoms with E-state index in [4.69, 9.17) is 9.47 Å². The van der Waals surface area contributed by atoms with Crippen LogP contribution < -0.4 is 4.74 Å². The highest BCUT2D eigenvalue weighted by Crippen LogP contribution is 2.38. The van der Waals surface area contributed by atoms with Gasteiger partial charge in [-0.2, -0.15) is 0 Å². The van der Waals surface area contributed by atoms with Gasteiger partial charge in [0, 0.05) is 12.0 Å². The summed E-state index contributed by atoms with van der Waals surface area (Å²) >= 11 is 0. The summed E-state index contributed by atoms with van der Waals surface area (Å²) in [5.74, 6) is 0.494. The van der Waals surface area contributed by atoms with E-state index in [9.17, 15) is 4.79 Å². The topological polar surface area (TPSA) is 35.5 Å². The number of carbonyl (C=O) groups is 1. The van der Waals surface area contributed by atoms with Crippen LogP contribution in [0, 0.1) is 0 Å². The molecule has 1 heterocycles. The third-order valence-corrected chi connectivity index (χ3v) is 3.72. The van der Waals surface area contributed by atoms with Crippen molar-refractivity contribution in [1.29, 1.82) is 0 Å². The lowest BCUT2D eigenvalue weighted by molar-refractivity contribution is 0.0597. The molecule has 0 bridgehead atoms. The van der Waals surface area contributed by atoms with E-state index in [1.54, 1.807) is 0 Å². The minimum atomic E-state index is -0.281. The summed E-state index contributed by atoms with van der Waals surface area (Å²) in [4.78, 5) is 11.8. The van der Waals surface area contributed by atoms with Crippen LogP contribution in [0.25, 0.3) is 0 Å². The fourth-order valence-electron chi connectivity index (χ4n) is 2.92. The first-order chi connectivity index (χ1) is 8.31. The number of hydrogen-bond donors (Lipinski definition) is 0. The zero-order chi connectivity index (χ0) is 11.8. The molecule has 3 nitrogen and oxygen atoms in total. The Balaban J connectivity index is 2.18. The summed E-state index contributed by atoms with van der Waals surface area (Å²) in [7, 11) is 1.42. The number of benzene rings is 1. The zero-order valence-electron chi connectivity index (χ0n) is 10.0. The number of carbonyl (C=O) groups excluding carboxylic acids is 1. The Labute approximate surface area is 101 Å². The van der Waals surface area contributed by atoms with Crippen LogP contribution in [0.15, 0.2) is 6.07 Å². The van der Waals surface area contributed by atoms with Gasteiger partial charge in [-0.15, -0.1) is 0 Å². The molecule has 1 aliphatic carbocycles. The van der Waals surface area contributed by atoms with Gasteiger partial charge in [-0.05, 0) is 42.9 Å². The van der Waals surface area contributed by atoms with Gasteiger partial charge in [-0.1, -0.05) is 0 Å². The number of methoxy groups -OCH3 is 1. The summed E-state index contributed by atoms with van der Waals surface area (Å²) in [5.41, 5.74) is 4.61. The first kappa shape index (κ1) is 10.6. The molecule has 2 aliphatic rings. The second-order valence-corrected chi connectivity index (χ2v) is 4.67. The Morgan fingerprint density at radius 3 is 2.88 bits per heavy atom. The SMILES string of the molecule is COC(=O)c1cc2c(c3c1OCC3)CCCC2. The monoisotopic (exact) mass is 232 g/mol. The Kier molecular flexibility index (Phi) is 2.54. The van der Waals surface area contributed by atoms with E-state index >= 15 is 0 Å². The molecule has 0 saturated heterocycles. The average molecular weight is 232 g/mol. The van der Waals surface area contributed by atoms with Crippen molar-refractivity contribution < 1.29 is 14.3 Å². The number of aryl methyl sites for hydroxylation is 1. The van der Waals surface area contributed by atoms with Gasteiger partial charge in [0.25, 0.3) is 0 Å². The standard InChI is InChI=1S/C14H16O3/c1-16-14(15)12-8-9-4-2-3-5-10(9)11-6-7-17-13(11)12/h8H,2-7H2,1H3. The van der Waals surface area contributed by atoms with Crippen LogP contribution in [0.1, 0.15) is 39.9 Å². The van der Waals surface area contributed by atoms with E-state index < -0.39 is 0 Å². The lowest BCUT2D eigenvalue weighted by Gasteiger charge is -2.20. The number of rotatable bonds is 1. The lowest BCUT2D eigenvalue weighted by atomic mass is 9.85. The third kappa shape index (κ3) is 1.61. The van der Waals surface area contributed by atoms with E-state index in [0.717, 1.165) is 25.0 Å². The molecule has 0 amide bonds. The van der Waals surface area contributed by atoms with E-state index in [0.29, 0.717) is 12.2 Å². The highest BCUT2D eigenvalue weighted by atomic mass is 16.5. The van der Waals surface area contributed by atoms with Crippen LogP contribution >= 0.6 is 0 Å². The predicted octanol–water partition coefficient (Wildman–Crippen LogP) is 2.29. The molecule has 0 aromatic heterocycles. The maximum atomic E-state index is 11.8. The van der Waals surface area contributed by atoms with Crippen molar-refractivity contribution in [2.24, 2.45) is 0 Å². The third-order valence-electron chi connectivity index (χ3n) is 3.72. The van der Waals surface area contributed by atoms with Crippen LogP contribution in [0.2, 0.25) is 0 Å². The highest BCUT2D eigenvalue weighted by molar-refractivity contribution is 5.94. The summed E-state index contributed by atoms with van der Waals surface area (Å²) < 4.78 is 10.5. The van der Waals surface area contributed by atoms with Crippen molar-refractivity contribution in [1.82, 2.24) is 0 Å². The number of fused-ring (bicyclic) bond motifs is 3. The average Bonchev–Trinajstić information content (AvgIpc) is 2.86. The second kappa shape index (κ2) is 4.06. The fraction of sp³-hybridized carbons (Fsp3) is 0.500. The fourth-order valence-corrected chi connectivity index (χ4v) is 2.92. The summed E-state index contributed by atoms with van der Waals surface area (Å²) in [5, 5.41) is 0. The van der Waals surface area contributed by atoms with Crippen LogP contribution in [0.3, 0.4) is 0 Å². The molecule has 90 valence electrons. The zero-order valence-corrected chi connectivity index (χ0v) is 10.0. The van der Waals surface area contributed by atoms with Crippen molar-refractivity contribution in [2.45, 2.75) is 32.1 Å². The van der Waals surface area contributed by atoms with Crippen molar-refractivity contribution in [3.05, 3.63) is 28.3 Å². The molecular weight excluding hydrogens is 216 g/mol. The number of esters is 1. The molecule has 17 heavy (non-hydrogen) atoms. The number of hydrogen-bond acceptors (Lipinski definition) is 3. The maximum Gasteiger partial charge on any atom is 0.341 e. The van der Waals surface area contributed by atoms with Crippen LogP contribution in [-0.2, 0) is 24.0 Å². The molecular formula is C14H16O3. The molecule has 0 atom stereocenters. The first-order valence-corrected chi connectivity index (χ1v) is 6.20. The first-order valence-electron chi connectivity index (χ1n) is 6.20. The molecule has 0 unspecified atom stereocenters. The van der Waals surface area contributed by atoms with E-state index in [1.165, 1.54) is 36.6 Å². The second-order valence-electron chi connectivity index (χ2n) is 4.67. The smallest absolute Gasteiger partial charge is 0.341 e. The van der Waals surface area contributed by atoms with Gasteiger partial charge in [0.1, 0.15) is 11.3 Å². The Morgan fingerprint density at radius 2 is 2.06 bits per heavy atom. The molecule has 0 fully saturated rings. The molecule has 3 heteroatoms. The van der Waals surface area contributed by atoms with Gasteiger partial charge in [-0.3, -0.25) is 0 Å². The van der Waals surface area contributed by atoms with E-state index in [-0.39, 0.29) is 5.97 Å². The van der Waals surface area contributed by atoms with Gasteiger partial charge in [0.15, 0.2) is 0 Å². The molecule has 1 aromatic carbocycles.